The molecule has 2 rings (SSSR count). The normalized spacial score (nSPS) is 12.1. The van der Waals surface area contributed by atoms with Crippen LogP contribution < -0.4 is 10.5 Å². The number of hydrogen-bond donors (Lipinski definition) is 1. The fourth-order valence-corrected chi connectivity index (χ4v) is 1.60. The SMILES string of the molecule is CN(C)c1nc2c(ncn2C(C)(C)C)c(=O)[nH]1. The number of hydrogen-bond acceptors (Lipinski definition) is 4. The van der Waals surface area contributed by atoms with Gasteiger partial charge in [-0.25, -0.2) is 4.98 Å². The molecule has 0 unspecified atom stereocenters. The fraction of sp³-hybridized carbons (Fsp3) is 0.545. The van der Waals surface area contributed by atoms with Gasteiger partial charge in [-0.15, -0.1) is 0 Å². The molecule has 0 atom stereocenters. The molecule has 0 spiro atoms. The van der Waals surface area contributed by atoms with Crippen molar-refractivity contribution >= 4 is 17.1 Å². The van der Waals surface area contributed by atoms with E-state index in [4.69, 9.17) is 0 Å². The van der Waals surface area contributed by atoms with E-state index in [1.54, 1.807) is 11.2 Å². The van der Waals surface area contributed by atoms with Crippen LogP contribution in [0.5, 0.6) is 0 Å². The molecule has 0 aliphatic rings. The first-order valence-electron chi connectivity index (χ1n) is 5.46. The van der Waals surface area contributed by atoms with Crippen molar-refractivity contribution in [2.24, 2.45) is 0 Å². The van der Waals surface area contributed by atoms with Crippen molar-refractivity contribution < 1.29 is 0 Å². The van der Waals surface area contributed by atoms with Crippen LogP contribution in [0.3, 0.4) is 0 Å². The highest BCUT2D eigenvalue weighted by Crippen LogP contribution is 2.19. The van der Waals surface area contributed by atoms with Crippen molar-refractivity contribution in [1.82, 2.24) is 19.5 Å². The molecule has 2 aromatic rings. The molecule has 0 fully saturated rings. The minimum absolute atomic E-state index is 0.154. The predicted molar refractivity (Wildman–Crippen MR) is 67.5 cm³/mol. The van der Waals surface area contributed by atoms with Crippen LogP contribution >= 0.6 is 0 Å². The Hall–Kier alpha value is -1.85. The Bertz CT molecular complexity index is 602. The molecule has 17 heavy (non-hydrogen) atoms. The third kappa shape index (κ3) is 1.90. The second-order valence-corrected chi connectivity index (χ2v) is 5.24. The van der Waals surface area contributed by atoms with E-state index < -0.39 is 0 Å². The summed E-state index contributed by atoms with van der Waals surface area (Å²) in [5.74, 6) is 0.536. The first-order chi connectivity index (χ1) is 7.80. The highest BCUT2D eigenvalue weighted by molar-refractivity contribution is 5.71. The summed E-state index contributed by atoms with van der Waals surface area (Å²) < 4.78 is 1.91. The Kier molecular flexibility index (Phi) is 2.45. The van der Waals surface area contributed by atoms with Crippen LogP contribution in [-0.4, -0.2) is 33.6 Å². The van der Waals surface area contributed by atoms with Gasteiger partial charge in [-0.3, -0.25) is 9.78 Å². The van der Waals surface area contributed by atoms with Gasteiger partial charge in [0.25, 0.3) is 5.56 Å². The van der Waals surface area contributed by atoms with E-state index in [1.807, 2.05) is 39.4 Å². The lowest BCUT2D eigenvalue weighted by atomic mass is 10.1. The molecule has 0 amide bonds. The van der Waals surface area contributed by atoms with Crippen molar-refractivity contribution in [3.63, 3.8) is 0 Å². The first-order valence-corrected chi connectivity index (χ1v) is 5.46. The quantitative estimate of drug-likeness (QED) is 0.798. The van der Waals surface area contributed by atoms with Gasteiger partial charge in [0.05, 0.1) is 6.33 Å². The van der Waals surface area contributed by atoms with E-state index in [2.05, 4.69) is 15.0 Å². The molecular weight excluding hydrogens is 218 g/mol. The van der Waals surface area contributed by atoms with Gasteiger partial charge in [-0.05, 0) is 20.8 Å². The fourth-order valence-electron chi connectivity index (χ4n) is 1.60. The topological polar surface area (TPSA) is 66.8 Å². The van der Waals surface area contributed by atoms with Gasteiger partial charge < -0.3 is 9.47 Å². The van der Waals surface area contributed by atoms with Gasteiger partial charge >= 0.3 is 0 Å². The van der Waals surface area contributed by atoms with Crippen molar-refractivity contribution in [2.75, 3.05) is 19.0 Å². The molecule has 0 aromatic carbocycles. The second kappa shape index (κ2) is 3.58. The molecule has 0 saturated heterocycles. The molecule has 92 valence electrons. The third-order valence-corrected chi connectivity index (χ3v) is 2.54. The summed E-state index contributed by atoms with van der Waals surface area (Å²) in [5, 5.41) is 0. The molecule has 1 N–H and O–H groups in total. The summed E-state index contributed by atoms with van der Waals surface area (Å²) in [7, 11) is 3.67. The summed E-state index contributed by atoms with van der Waals surface area (Å²) in [5.41, 5.74) is 0.635. The highest BCUT2D eigenvalue weighted by Gasteiger charge is 2.19. The number of rotatable bonds is 1. The van der Waals surface area contributed by atoms with Crippen LogP contribution in [0.4, 0.5) is 5.95 Å². The molecule has 0 radical (unpaired) electrons. The number of aromatic amines is 1. The van der Waals surface area contributed by atoms with Crippen molar-refractivity contribution in [1.29, 1.82) is 0 Å². The van der Waals surface area contributed by atoms with Crippen molar-refractivity contribution in [3.05, 3.63) is 16.7 Å². The average molecular weight is 235 g/mol. The minimum Gasteiger partial charge on any atom is -0.348 e. The lowest BCUT2D eigenvalue weighted by molar-refractivity contribution is 0.406. The molecule has 6 heteroatoms. The number of nitrogens with zero attached hydrogens (tertiary/aromatic N) is 4. The molecule has 2 aromatic heterocycles. The smallest absolute Gasteiger partial charge is 0.280 e. The van der Waals surface area contributed by atoms with Crippen LogP contribution in [0, 0.1) is 0 Å². The molecule has 0 bridgehead atoms. The predicted octanol–water partition coefficient (Wildman–Crippen LogP) is 0.941. The maximum absolute atomic E-state index is 11.8. The van der Waals surface area contributed by atoms with Crippen molar-refractivity contribution in [2.45, 2.75) is 26.3 Å². The summed E-state index contributed by atoms with van der Waals surface area (Å²) in [6.45, 7) is 6.14. The monoisotopic (exact) mass is 235 g/mol. The molecule has 2 heterocycles. The maximum atomic E-state index is 11.8. The van der Waals surface area contributed by atoms with E-state index in [9.17, 15) is 4.79 Å². The second-order valence-electron chi connectivity index (χ2n) is 5.24. The number of nitrogens with one attached hydrogen (secondary N) is 1. The summed E-state index contributed by atoms with van der Waals surface area (Å²) in [4.78, 5) is 24.9. The van der Waals surface area contributed by atoms with E-state index in [0.29, 0.717) is 17.1 Å². The zero-order valence-electron chi connectivity index (χ0n) is 10.8. The van der Waals surface area contributed by atoms with Crippen molar-refractivity contribution in [3.8, 4) is 0 Å². The van der Waals surface area contributed by atoms with Gasteiger partial charge in [-0.1, -0.05) is 0 Å². The highest BCUT2D eigenvalue weighted by atomic mass is 16.1. The summed E-state index contributed by atoms with van der Waals surface area (Å²) >= 11 is 0. The number of fused-ring (bicyclic) bond motifs is 1. The Morgan fingerprint density at radius 1 is 1.35 bits per heavy atom. The van der Waals surface area contributed by atoms with E-state index in [-0.39, 0.29) is 11.1 Å². The largest absolute Gasteiger partial charge is 0.348 e. The van der Waals surface area contributed by atoms with Gasteiger partial charge in [0.1, 0.15) is 0 Å². The minimum atomic E-state index is -0.207. The molecule has 6 nitrogen and oxygen atoms in total. The lowest BCUT2D eigenvalue weighted by Crippen LogP contribution is -2.23. The maximum Gasteiger partial charge on any atom is 0.280 e. The standard InChI is InChI=1S/C11H17N5O/c1-11(2,3)16-6-12-7-8(16)13-10(15(4)5)14-9(7)17/h6H,1-5H3,(H,13,14,17). The van der Waals surface area contributed by atoms with Crippen LogP contribution in [0.1, 0.15) is 20.8 Å². The Balaban J connectivity index is 2.79. The van der Waals surface area contributed by atoms with E-state index in [0.717, 1.165) is 0 Å². The van der Waals surface area contributed by atoms with Gasteiger partial charge in [0.15, 0.2) is 11.2 Å². The number of anilines is 1. The number of H-pyrrole nitrogens is 1. The third-order valence-electron chi connectivity index (χ3n) is 2.54. The molecule has 0 aliphatic carbocycles. The Morgan fingerprint density at radius 3 is 2.53 bits per heavy atom. The zero-order valence-corrected chi connectivity index (χ0v) is 10.8. The zero-order chi connectivity index (χ0) is 12.8. The molecule has 0 saturated carbocycles. The lowest BCUT2D eigenvalue weighted by Gasteiger charge is -2.21. The van der Waals surface area contributed by atoms with E-state index in [1.165, 1.54) is 0 Å². The Morgan fingerprint density at radius 2 is 2.00 bits per heavy atom. The number of aromatic nitrogens is 4. The average Bonchev–Trinajstić information content (AvgIpc) is 2.60. The number of imidazole rings is 1. The van der Waals surface area contributed by atoms with Crippen LogP contribution in [-0.2, 0) is 5.54 Å². The first kappa shape index (κ1) is 11.6. The van der Waals surface area contributed by atoms with Gasteiger partial charge in [0, 0.05) is 19.6 Å². The van der Waals surface area contributed by atoms with Crippen LogP contribution in [0.25, 0.3) is 11.2 Å². The molecular formula is C11H17N5O. The summed E-state index contributed by atoms with van der Waals surface area (Å²) in [6.07, 6.45) is 1.66. The summed E-state index contributed by atoms with van der Waals surface area (Å²) in [6, 6.07) is 0. The van der Waals surface area contributed by atoms with Gasteiger partial charge in [-0.2, -0.15) is 4.98 Å². The Labute approximate surface area is 99.3 Å². The van der Waals surface area contributed by atoms with Gasteiger partial charge in [0.2, 0.25) is 5.95 Å². The molecule has 0 aliphatic heterocycles. The van der Waals surface area contributed by atoms with Crippen LogP contribution in [0.2, 0.25) is 0 Å². The van der Waals surface area contributed by atoms with Crippen LogP contribution in [0.15, 0.2) is 11.1 Å². The van der Waals surface area contributed by atoms with E-state index >= 15 is 0 Å².